The van der Waals surface area contributed by atoms with Gasteiger partial charge in [0.15, 0.2) is 0 Å². The summed E-state index contributed by atoms with van der Waals surface area (Å²) in [6, 6.07) is 16.6. The Bertz CT molecular complexity index is 1250. The lowest BCUT2D eigenvalue weighted by atomic mass is 10.00. The van der Waals surface area contributed by atoms with Gasteiger partial charge in [-0.05, 0) is 42.0 Å². The molecule has 3 aromatic carbocycles. The summed E-state index contributed by atoms with van der Waals surface area (Å²) in [5, 5.41) is 10.9. The zero-order valence-corrected chi connectivity index (χ0v) is 18.4. The third kappa shape index (κ3) is 4.78. The molecule has 0 aliphatic carbocycles. The maximum Gasteiger partial charge on any atom is 0.220 e. The van der Waals surface area contributed by atoms with E-state index in [2.05, 4.69) is 25.9 Å². The van der Waals surface area contributed by atoms with Gasteiger partial charge in [-0.3, -0.25) is 0 Å². The molecule has 0 aliphatic heterocycles. The van der Waals surface area contributed by atoms with Crippen LogP contribution >= 0.6 is 27.5 Å². The Hall–Kier alpha value is -3.16. The van der Waals surface area contributed by atoms with Gasteiger partial charge in [-0.1, -0.05) is 45.7 Å². The van der Waals surface area contributed by atoms with Crippen molar-refractivity contribution in [1.29, 1.82) is 0 Å². The highest BCUT2D eigenvalue weighted by atomic mass is 79.9. The maximum absolute atomic E-state index is 13.2. The van der Waals surface area contributed by atoms with Gasteiger partial charge in [-0.2, -0.15) is 0 Å². The molecule has 8 heteroatoms. The van der Waals surface area contributed by atoms with Crippen molar-refractivity contribution in [2.75, 3.05) is 5.73 Å². The molecule has 0 amide bonds. The monoisotopic (exact) mass is 499 g/mol. The number of hydrogen-bond acceptors (Lipinski definition) is 5. The molecule has 0 atom stereocenters. The molecule has 0 spiro atoms. The molecule has 1 aromatic heterocycles. The van der Waals surface area contributed by atoms with E-state index >= 15 is 0 Å². The summed E-state index contributed by atoms with van der Waals surface area (Å²) in [6.45, 7) is 0.127. The van der Waals surface area contributed by atoms with Gasteiger partial charge in [0, 0.05) is 33.4 Å². The summed E-state index contributed by atoms with van der Waals surface area (Å²) in [5.74, 6) is 0.0796. The first-order chi connectivity index (χ1) is 14.9. The number of phenolic OH excluding ortho intramolecular Hbond substituents is 1. The fourth-order valence-corrected chi connectivity index (χ4v) is 3.53. The van der Waals surface area contributed by atoms with Gasteiger partial charge < -0.3 is 15.6 Å². The van der Waals surface area contributed by atoms with Gasteiger partial charge in [-0.15, -0.1) is 0 Å². The molecule has 4 rings (SSSR count). The minimum Gasteiger partial charge on any atom is -0.507 e. The lowest BCUT2D eigenvalue weighted by Crippen LogP contribution is -1.99. The molecule has 4 aromatic rings. The molecule has 0 unspecified atom stereocenters. The molecule has 3 N–H and O–H groups in total. The number of rotatable bonds is 5. The summed E-state index contributed by atoms with van der Waals surface area (Å²) in [5.41, 5.74) is 9.03. The summed E-state index contributed by atoms with van der Waals surface area (Å²) in [6.07, 6.45) is 1.63. The van der Waals surface area contributed by atoms with Crippen LogP contribution in [-0.4, -0.2) is 15.1 Å². The van der Waals surface area contributed by atoms with Crippen molar-refractivity contribution in [2.24, 2.45) is 0 Å². The number of phenols is 1. The first-order valence-electron chi connectivity index (χ1n) is 9.19. The highest BCUT2D eigenvalue weighted by Gasteiger charge is 2.15. The SMILES string of the molecule is Nc1ncc(-c2ccc(Br)cc2)c(-c2ccc(OCc3ccc(F)cc3Cl)cc2O)n1. The van der Waals surface area contributed by atoms with E-state index < -0.39 is 5.82 Å². The molecule has 0 aliphatic rings. The molecule has 0 fully saturated rings. The number of nitrogens with zero attached hydrogens (tertiary/aromatic N) is 2. The molecule has 156 valence electrons. The van der Waals surface area contributed by atoms with Crippen molar-refractivity contribution in [1.82, 2.24) is 9.97 Å². The number of anilines is 1. The quantitative estimate of drug-likeness (QED) is 0.339. The molecule has 0 radical (unpaired) electrons. The lowest BCUT2D eigenvalue weighted by molar-refractivity contribution is 0.304. The van der Waals surface area contributed by atoms with Crippen LogP contribution in [-0.2, 0) is 6.61 Å². The second-order valence-electron chi connectivity index (χ2n) is 6.70. The van der Waals surface area contributed by atoms with Crippen molar-refractivity contribution in [2.45, 2.75) is 6.61 Å². The minimum absolute atomic E-state index is 0.0286. The Morgan fingerprint density at radius 1 is 1.03 bits per heavy atom. The van der Waals surface area contributed by atoms with Gasteiger partial charge in [0.05, 0.1) is 10.7 Å². The Morgan fingerprint density at radius 3 is 2.52 bits per heavy atom. The molecular formula is C23H16BrClFN3O2. The highest BCUT2D eigenvalue weighted by Crippen LogP contribution is 2.37. The number of aromatic hydroxyl groups is 1. The summed E-state index contributed by atoms with van der Waals surface area (Å²) >= 11 is 9.45. The van der Waals surface area contributed by atoms with Crippen LogP contribution in [0.1, 0.15) is 5.56 Å². The van der Waals surface area contributed by atoms with Gasteiger partial charge >= 0.3 is 0 Å². The van der Waals surface area contributed by atoms with Crippen molar-refractivity contribution < 1.29 is 14.2 Å². The van der Waals surface area contributed by atoms with E-state index in [4.69, 9.17) is 22.1 Å². The van der Waals surface area contributed by atoms with E-state index in [-0.39, 0.29) is 23.3 Å². The van der Waals surface area contributed by atoms with Crippen LogP contribution in [0.4, 0.5) is 10.3 Å². The van der Waals surface area contributed by atoms with E-state index in [0.29, 0.717) is 22.6 Å². The zero-order valence-electron chi connectivity index (χ0n) is 16.0. The van der Waals surface area contributed by atoms with Crippen molar-refractivity contribution in [3.05, 3.63) is 87.7 Å². The Morgan fingerprint density at radius 2 is 1.81 bits per heavy atom. The van der Waals surface area contributed by atoms with E-state index in [0.717, 1.165) is 15.6 Å². The lowest BCUT2D eigenvalue weighted by Gasteiger charge is -2.13. The summed E-state index contributed by atoms with van der Waals surface area (Å²) in [4.78, 5) is 8.45. The number of hydrogen-bond donors (Lipinski definition) is 2. The predicted molar refractivity (Wildman–Crippen MR) is 122 cm³/mol. The smallest absolute Gasteiger partial charge is 0.220 e. The molecule has 1 heterocycles. The zero-order chi connectivity index (χ0) is 22.0. The second-order valence-corrected chi connectivity index (χ2v) is 8.02. The third-order valence-corrected chi connectivity index (χ3v) is 5.48. The molecule has 0 bridgehead atoms. The topological polar surface area (TPSA) is 81.3 Å². The average Bonchev–Trinajstić information content (AvgIpc) is 2.74. The number of aromatic nitrogens is 2. The standard InChI is InChI=1S/C23H16BrClFN3O2/c24-15-4-1-13(2-5-15)19-11-28-23(27)29-22(19)18-8-7-17(10-21(18)30)31-12-14-3-6-16(26)9-20(14)25/h1-11,30H,12H2,(H2,27,28,29). The summed E-state index contributed by atoms with van der Waals surface area (Å²) in [7, 11) is 0. The fraction of sp³-hybridized carbons (Fsp3) is 0.0435. The Labute approximate surface area is 191 Å². The number of benzene rings is 3. The van der Waals surface area contributed by atoms with Gasteiger partial charge in [0.25, 0.3) is 0 Å². The van der Waals surface area contributed by atoms with Crippen LogP contribution in [0.5, 0.6) is 11.5 Å². The van der Waals surface area contributed by atoms with Crippen LogP contribution in [0.25, 0.3) is 22.4 Å². The van der Waals surface area contributed by atoms with E-state index in [9.17, 15) is 9.50 Å². The maximum atomic E-state index is 13.2. The van der Waals surface area contributed by atoms with Gasteiger partial charge in [-0.25, -0.2) is 14.4 Å². The van der Waals surface area contributed by atoms with Crippen molar-refractivity contribution >= 4 is 33.5 Å². The summed E-state index contributed by atoms with van der Waals surface area (Å²) < 4.78 is 19.8. The van der Waals surface area contributed by atoms with Crippen molar-refractivity contribution in [3.8, 4) is 33.9 Å². The van der Waals surface area contributed by atoms with Crippen LogP contribution in [0.15, 0.2) is 71.3 Å². The second kappa shape index (κ2) is 8.91. The molecule has 5 nitrogen and oxygen atoms in total. The molecule has 0 saturated heterocycles. The van der Waals surface area contributed by atoms with Crippen LogP contribution in [0.2, 0.25) is 5.02 Å². The van der Waals surface area contributed by atoms with E-state index in [1.165, 1.54) is 18.2 Å². The highest BCUT2D eigenvalue weighted by molar-refractivity contribution is 9.10. The molecule has 0 saturated carbocycles. The first-order valence-corrected chi connectivity index (χ1v) is 10.4. The van der Waals surface area contributed by atoms with Gasteiger partial charge in [0.2, 0.25) is 5.95 Å². The average molecular weight is 501 g/mol. The number of nitrogen functional groups attached to an aromatic ring is 1. The van der Waals surface area contributed by atoms with E-state index in [1.807, 2.05) is 24.3 Å². The predicted octanol–water partition coefficient (Wildman–Crippen LogP) is 6.23. The minimum atomic E-state index is -0.415. The van der Waals surface area contributed by atoms with Crippen LogP contribution in [0, 0.1) is 5.82 Å². The normalized spacial score (nSPS) is 10.8. The number of nitrogens with two attached hydrogens (primary N) is 1. The van der Waals surface area contributed by atoms with Gasteiger partial charge in [0.1, 0.15) is 23.9 Å². The van der Waals surface area contributed by atoms with Crippen LogP contribution in [0.3, 0.4) is 0 Å². The van der Waals surface area contributed by atoms with E-state index in [1.54, 1.807) is 24.4 Å². The molecular weight excluding hydrogens is 485 g/mol. The Balaban J connectivity index is 1.64. The number of ether oxygens (including phenoxy) is 1. The van der Waals surface area contributed by atoms with Crippen molar-refractivity contribution in [3.63, 3.8) is 0 Å². The fourth-order valence-electron chi connectivity index (χ4n) is 3.04. The third-order valence-electron chi connectivity index (χ3n) is 4.60. The van der Waals surface area contributed by atoms with Crippen LogP contribution < -0.4 is 10.5 Å². The molecule has 31 heavy (non-hydrogen) atoms. The Kier molecular flexibility index (Phi) is 6.06. The first kappa shape index (κ1) is 21.1. The largest absolute Gasteiger partial charge is 0.507 e. The number of halogens is 3.